The Morgan fingerprint density at radius 1 is 0.583 bits per heavy atom. The van der Waals surface area contributed by atoms with E-state index in [0.717, 1.165) is 89.4 Å². The summed E-state index contributed by atoms with van der Waals surface area (Å²) in [6, 6.07) is 0. The summed E-state index contributed by atoms with van der Waals surface area (Å²) >= 11 is 0. The van der Waals surface area contributed by atoms with Crippen molar-refractivity contribution in [3.63, 3.8) is 0 Å². The molecule has 4 heteroatoms. The maximum Gasteiger partial charge on any atom is 0.225 e. The number of carbonyl (C=O) groups is 2. The van der Waals surface area contributed by atoms with Crippen molar-refractivity contribution in [3.05, 3.63) is 0 Å². The van der Waals surface area contributed by atoms with Crippen LogP contribution in [0.2, 0.25) is 0 Å². The van der Waals surface area contributed by atoms with Crippen molar-refractivity contribution in [1.29, 1.82) is 0 Å². The smallest absolute Gasteiger partial charge is 0.225 e. The van der Waals surface area contributed by atoms with Gasteiger partial charge in [0, 0.05) is 38.0 Å². The van der Waals surface area contributed by atoms with Crippen LogP contribution in [0.5, 0.6) is 0 Å². The van der Waals surface area contributed by atoms with E-state index in [1.165, 1.54) is 0 Å². The van der Waals surface area contributed by atoms with Crippen LogP contribution in [0.4, 0.5) is 0 Å². The van der Waals surface area contributed by atoms with Crippen LogP contribution in [0.3, 0.4) is 0 Å². The fraction of sp³-hybridized carbons (Fsp3) is 0.900. The summed E-state index contributed by atoms with van der Waals surface area (Å²) in [6.07, 6.45) is 8.22. The topological polar surface area (TPSA) is 40.6 Å². The van der Waals surface area contributed by atoms with Crippen LogP contribution in [0, 0.1) is 23.7 Å². The Balaban J connectivity index is 1.45. The molecule has 2 aliphatic heterocycles. The molecule has 0 radical (unpaired) electrons. The highest BCUT2D eigenvalue weighted by Crippen LogP contribution is 2.33. The van der Waals surface area contributed by atoms with Gasteiger partial charge in [-0.15, -0.1) is 0 Å². The largest absolute Gasteiger partial charge is 0.342 e. The van der Waals surface area contributed by atoms with Crippen LogP contribution < -0.4 is 0 Å². The summed E-state index contributed by atoms with van der Waals surface area (Å²) in [6.45, 7) is 8.30. The van der Waals surface area contributed by atoms with Gasteiger partial charge in [0.25, 0.3) is 0 Å². The first-order valence-corrected chi connectivity index (χ1v) is 10.1. The molecule has 0 bridgehead atoms. The van der Waals surface area contributed by atoms with E-state index in [9.17, 15) is 9.59 Å². The zero-order chi connectivity index (χ0) is 17.1. The fourth-order valence-corrected chi connectivity index (χ4v) is 4.56. The summed E-state index contributed by atoms with van der Waals surface area (Å²) in [7, 11) is 0. The molecule has 4 nitrogen and oxygen atoms in total. The van der Waals surface area contributed by atoms with Crippen molar-refractivity contribution in [2.75, 3.05) is 26.2 Å². The van der Waals surface area contributed by atoms with E-state index in [4.69, 9.17) is 0 Å². The summed E-state index contributed by atoms with van der Waals surface area (Å²) in [5.74, 6) is 2.58. The van der Waals surface area contributed by atoms with Crippen molar-refractivity contribution >= 4 is 11.8 Å². The van der Waals surface area contributed by atoms with Crippen molar-refractivity contribution in [1.82, 2.24) is 9.80 Å². The highest BCUT2D eigenvalue weighted by Gasteiger charge is 2.35. The lowest BCUT2D eigenvalue weighted by Crippen LogP contribution is -2.45. The number of amides is 2. The minimum Gasteiger partial charge on any atom is -0.342 e. The third-order valence-corrected chi connectivity index (χ3v) is 6.62. The van der Waals surface area contributed by atoms with Crippen molar-refractivity contribution in [3.8, 4) is 0 Å². The molecule has 0 unspecified atom stereocenters. The van der Waals surface area contributed by atoms with E-state index in [0.29, 0.717) is 11.8 Å². The predicted octanol–water partition coefficient (Wildman–Crippen LogP) is 3.31. The maximum absolute atomic E-state index is 12.7. The lowest BCUT2D eigenvalue weighted by molar-refractivity contribution is -0.142. The summed E-state index contributed by atoms with van der Waals surface area (Å²) in [4.78, 5) is 29.6. The molecule has 2 saturated heterocycles. The van der Waals surface area contributed by atoms with Crippen LogP contribution in [-0.4, -0.2) is 47.8 Å². The number of nitrogens with zero attached hydrogens (tertiary/aromatic N) is 2. The zero-order valence-corrected chi connectivity index (χ0v) is 15.5. The highest BCUT2D eigenvalue weighted by atomic mass is 16.2. The minimum atomic E-state index is 0.170. The number of piperidine rings is 2. The summed E-state index contributed by atoms with van der Waals surface area (Å²) in [5, 5.41) is 0. The van der Waals surface area contributed by atoms with Crippen molar-refractivity contribution in [2.45, 2.75) is 65.2 Å². The van der Waals surface area contributed by atoms with Gasteiger partial charge in [-0.05, 0) is 63.2 Å². The Morgan fingerprint density at radius 3 is 1.17 bits per heavy atom. The molecule has 0 spiro atoms. The Kier molecular flexibility index (Phi) is 5.83. The van der Waals surface area contributed by atoms with Gasteiger partial charge in [-0.1, -0.05) is 13.8 Å². The second-order valence-electron chi connectivity index (χ2n) is 8.56. The van der Waals surface area contributed by atoms with Crippen LogP contribution in [0.1, 0.15) is 65.2 Å². The first kappa shape index (κ1) is 17.8. The van der Waals surface area contributed by atoms with Crippen molar-refractivity contribution in [2.24, 2.45) is 23.7 Å². The van der Waals surface area contributed by atoms with Gasteiger partial charge in [0.05, 0.1) is 0 Å². The standard InChI is InChI=1S/C20H34N2O2/c1-15-7-11-21(12-8-15)19(23)17-3-5-18(6-4-17)20(24)22-13-9-16(2)10-14-22/h15-18H,3-14H2,1-2H3. The summed E-state index contributed by atoms with van der Waals surface area (Å²) < 4.78 is 0. The number of carbonyl (C=O) groups excluding carboxylic acids is 2. The molecule has 0 aromatic carbocycles. The molecule has 3 aliphatic rings. The maximum atomic E-state index is 12.7. The van der Waals surface area contributed by atoms with E-state index in [-0.39, 0.29) is 11.8 Å². The third-order valence-electron chi connectivity index (χ3n) is 6.62. The highest BCUT2D eigenvalue weighted by molar-refractivity contribution is 5.81. The zero-order valence-electron chi connectivity index (χ0n) is 15.5. The molecular formula is C20H34N2O2. The SMILES string of the molecule is CC1CCN(C(=O)C2CCC(C(=O)N3CCC(C)CC3)CC2)CC1. The van der Waals surface area contributed by atoms with E-state index >= 15 is 0 Å². The second kappa shape index (κ2) is 7.88. The Hall–Kier alpha value is -1.06. The molecule has 0 N–H and O–H groups in total. The van der Waals surface area contributed by atoms with Gasteiger partial charge in [0.15, 0.2) is 0 Å². The lowest BCUT2D eigenvalue weighted by atomic mass is 9.80. The first-order valence-electron chi connectivity index (χ1n) is 10.1. The minimum absolute atomic E-state index is 0.170. The van der Waals surface area contributed by atoms with Gasteiger partial charge < -0.3 is 9.80 Å². The monoisotopic (exact) mass is 334 g/mol. The normalized spacial score (nSPS) is 30.4. The first-order chi connectivity index (χ1) is 11.5. The Labute approximate surface area is 146 Å². The summed E-state index contributed by atoms with van der Waals surface area (Å²) in [5.41, 5.74) is 0. The molecule has 3 fully saturated rings. The fourth-order valence-electron chi connectivity index (χ4n) is 4.56. The van der Waals surface area contributed by atoms with Crippen LogP contribution >= 0.6 is 0 Å². The molecule has 2 amide bonds. The second-order valence-corrected chi connectivity index (χ2v) is 8.56. The van der Waals surface area contributed by atoms with Gasteiger partial charge in [-0.2, -0.15) is 0 Å². The van der Waals surface area contributed by atoms with E-state index in [2.05, 4.69) is 23.6 Å². The lowest BCUT2D eigenvalue weighted by Gasteiger charge is -2.37. The average molecular weight is 335 g/mol. The number of hydrogen-bond acceptors (Lipinski definition) is 2. The predicted molar refractivity (Wildman–Crippen MR) is 95.4 cm³/mol. The van der Waals surface area contributed by atoms with Gasteiger partial charge in [-0.25, -0.2) is 0 Å². The number of hydrogen-bond donors (Lipinski definition) is 0. The molecule has 136 valence electrons. The Morgan fingerprint density at radius 2 is 0.875 bits per heavy atom. The van der Waals surface area contributed by atoms with Crippen LogP contribution in [0.25, 0.3) is 0 Å². The van der Waals surface area contributed by atoms with Crippen LogP contribution in [-0.2, 0) is 9.59 Å². The molecule has 2 heterocycles. The van der Waals surface area contributed by atoms with Crippen LogP contribution in [0.15, 0.2) is 0 Å². The quantitative estimate of drug-likeness (QED) is 0.777. The number of rotatable bonds is 2. The molecular weight excluding hydrogens is 300 g/mol. The molecule has 1 aliphatic carbocycles. The molecule has 0 aromatic rings. The molecule has 1 saturated carbocycles. The number of likely N-dealkylation sites (tertiary alicyclic amines) is 2. The van der Waals surface area contributed by atoms with Gasteiger partial charge in [0.2, 0.25) is 11.8 Å². The van der Waals surface area contributed by atoms with E-state index in [1.54, 1.807) is 0 Å². The van der Waals surface area contributed by atoms with E-state index < -0.39 is 0 Å². The molecule has 24 heavy (non-hydrogen) atoms. The van der Waals surface area contributed by atoms with Crippen molar-refractivity contribution < 1.29 is 9.59 Å². The average Bonchev–Trinajstić information content (AvgIpc) is 2.62. The third kappa shape index (κ3) is 4.12. The molecule has 0 aromatic heterocycles. The van der Waals surface area contributed by atoms with Gasteiger partial charge in [0.1, 0.15) is 0 Å². The van der Waals surface area contributed by atoms with Gasteiger partial charge in [-0.3, -0.25) is 9.59 Å². The van der Waals surface area contributed by atoms with E-state index in [1.807, 2.05) is 0 Å². The van der Waals surface area contributed by atoms with Gasteiger partial charge >= 0.3 is 0 Å². The molecule has 3 rings (SSSR count). The molecule has 0 atom stereocenters. The Bertz CT molecular complexity index is 399.